The zero-order chi connectivity index (χ0) is 10.7. The lowest BCUT2D eigenvalue weighted by Gasteiger charge is -2.23. The van der Waals surface area contributed by atoms with E-state index in [1.165, 1.54) is 0 Å². The zero-order valence-corrected chi connectivity index (χ0v) is 10.1. The molecule has 0 radical (unpaired) electrons. The number of aromatic nitrogens is 2. The Hall–Kier alpha value is -1.07. The van der Waals surface area contributed by atoms with Gasteiger partial charge >= 0.3 is 0 Å². The summed E-state index contributed by atoms with van der Waals surface area (Å²) in [7, 11) is 0. The molecule has 0 spiro atoms. The molecule has 1 saturated heterocycles. The van der Waals surface area contributed by atoms with Crippen molar-refractivity contribution in [2.75, 3.05) is 13.1 Å². The summed E-state index contributed by atoms with van der Waals surface area (Å²) in [5, 5.41) is 12.9. The maximum atomic E-state index is 11.7. The molecule has 1 aromatic rings. The minimum absolute atomic E-state index is 0. The number of halogens is 1. The Labute approximate surface area is 101 Å². The van der Waals surface area contributed by atoms with Gasteiger partial charge in [-0.3, -0.25) is 9.89 Å². The topological polar surface area (TPSA) is 69.8 Å². The Morgan fingerprint density at radius 2 is 2.44 bits per heavy atom. The van der Waals surface area contributed by atoms with Crippen molar-refractivity contribution < 1.29 is 4.79 Å². The van der Waals surface area contributed by atoms with Crippen LogP contribution in [0.25, 0.3) is 0 Å². The molecular formula is C10H17ClN4O. The van der Waals surface area contributed by atoms with Gasteiger partial charge in [0.25, 0.3) is 5.91 Å². The highest BCUT2D eigenvalue weighted by Gasteiger charge is 2.17. The van der Waals surface area contributed by atoms with E-state index in [2.05, 4.69) is 20.8 Å². The quantitative estimate of drug-likeness (QED) is 0.715. The molecule has 3 N–H and O–H groups in total. The van der Waals surface area contributed by atoms with Crippen LogP contribution in [0.3, 0.4) is 0 Å². The van der Waals surface area contributed by atoms with Gasteiger partial charge in [0.15, 0.2) is 0 Å². The Bertz CT molecular complexity index is 346. The molecule has 2 rings (SSSR count). The normalized spacial score (nSPS) is 19.9. The van der Waals surface area contributed by atoms with Crippen LogP contribution in [0.1, 0.15) is 29.0 Å². The SMILES string of the molecule is Cc1cc(C(=O)N[C@@H]2CCCNC2)n[nH]1.Cl. The van der Waals surface area contributed by atoms with Gasteiger partial charge in [0.05, 0.1) is 0 Å². The summed E-state index contributed by atoms with van der Waals surface area (Å²) in [5.41, 5.74) is 1.37. The first-order valence-electron chi connectivity index (χ1n) is 5.29. The summed E-state index contributed by atoms with van der Waals surface area (Å²) in [6, 6.07) is 1.99. The van der Waals surface area contributed by atoms with E-state index in [1.807, 2.05) is 6.92 Å². The number of amides is 1. The summed E-state index contributed by atoms with van der Waals surface area (Å²) in [6.07, 6.45) is 2.16. The van der Waals surface area contributed by atoms with Crippen LogP contribution >= 0.6 is 12.4 Å². The van der Waals surface area contributed by atoms with Gasteiger partial charge in [-0.2, -0.15) is 5.10 Å². The minimum Gasteiger partial charge on any atom is -0.347 e. The lowest BCUT2D eigenvalue weighted by Crippen LogP contribution is -2.45. The van der Waals surface area contributed by atoms with Gasteiger partial charge in [-0.15, -0.1) is 12.4 Å². The molecule has 6 heteroatoms. The third-order valence-corrected chi connectivity index (χ3v) is 2.57. The molecule has 0 saturated carbocycles. The smallest absolute Gasteiger partial charge is 0.272 e. The number of piperidine rings is 1. The van der Waals surface area contributed by atoms with Crippen LogP contribution in [0.15, 0.2) is 6.07 Å². The fraction of sp³-hybridized carbons (Fsp3) is 0.600. The van der Waals surface area contributed by atoms with E-state index >= 15 is 0 Å². The monoisotopic (exact) mass is 244 g/mol. The van der Waals surface area contributed by atoms with Crippen LogP contribution < -0.4 is 10.6 Å². The standard InChI is InChI=1S/C10H16N4O.ClH/c1-7-5-9(14-13-7)10(15)12-8-3-2-4-11-6-8;/h5,8,11H,2-4,6H2,1H3,(H,12,15)(H,13,14);1H/t8-;/m1./s1. The summed E-state index contributed by atoms with van der Waals surface area (Å²) < 4.78 is 0. The number of hydrogen-bond acceptors (Lipinski definition) is 3. The van der Waals surface area contributed by atoms with Crippen molar-refractivity contribution in [2.45, 2.75) is 25.8 Å². The largest absolute Gasteiger partial charge is 0.347 e. The van der Waals surface area contributed by atoms with Gasteiger partial charge in [0.1, 0.15) is 5.69 Å². The summed E-state index contributed by atoms with van der Waals surface area (Å²) in [6.45, 7) is 3.79. The van der Waals surface area contributed by atoms with Crippen molar-refractivity contribution in [1.29, 1.82) is 0 Å². The number of hydrogen-bond donors (Lipinski definition) is 3. The van der Waals surface area contributed by atoms with E-state index in [1.54, 1.807) is 6.07 Å². The lowest BCUT2D eigenvalue weighted by molar-refractivity contribution is 0.0925. The fourth-order valence-electron chi connectivity index (χ4n) is 1.77. The molecule has 1 aromatic heterocycles. The van der Waals surface area contributed by atoms with Crippen molar-refractivity contribution in [3.63, 3.8) is 0 Å². The van der Waals surface area contributed by atoms with Gasteiger partial charge in [0.2, 0.25) is 0 Å². The average Bonchev–Trinajstić information content (AvgIpc) is 2.66. The van der Waals surface area contributed by atoms with Crippen molar-refractivity contribution in [2.24, 2.45) is 0 Å². The van der Waals surface area contributed by atoms with Gasteiger partial charge in [-0.05, 0) is 32.4 Å². The van der Waals surface area contributed by atoms with Crippen LogP contribution in [0.5, 0.6) is 0 Å². The second kappa shape index (κ2) is 5.86. The molecule has 1 fully saturated rings. The Kier molecular flexibility index (Phi) is 4.76. The predicted octanol–water partition coefficient (Wildman–Crippen LogP) is 0.622. The van der Waals surface area contributed by atoms with E-state index in [-0.39, 0.29) is 24.4 Å². The first kappa shape index (κ1) is 13.0. The van der Waals surface area contributed by atoms with E-state index in [0.717, 1.165) is 31.6 Å². The third kappa shape index (κ3) is 3.21. The van der Waals surface area contributed by atoms with E-state index < -0.39 is 0 Å². The van der Waals surface area contributed by atoms with Gasteiger partial charge < -0.3 is 10.6 Å². The highest BCUT2D eigenvalue weighted by molar-refractivity contribution is 5.92. The van der Waals surface area contributed by atoms with Crippen LogP contribution in [-0.4, -0.2) is 35.2 Å². The average molecular weight is 245 g/mol. The number of carbonyl (C=O) groups is 1. The molecule has 90 valence electrons. The molecule has 16 heavy (non-hydrogen) atoms. The Morgan fingerprint density at radius 1 is 1.62 bits per heavy atom. The fourth-order valence-corrected chi connectivity index (χ4v) is 1.77. The number of nitrogens with zero attached hydrogens (tertiary/aromatic N) is 1. The van der Waals surface area contributed by atoms with Crippen molar-refractivity contribution in [3.8, 4) is 0 Å². The van der Waals surface area contributed by atoms with Crippen LogP contribution in [0, 0.1) is 6.92 Å². The molecule has 1 atom stereocenters. The highest BCUT2D eigenvalue weighted by atomic mass is 35.5. The number of aryl methyl sites for hydroxylation is 1. The minimum atomic E-state index is -0.0898. The molecule has 5 nitrogen and oxygen atoms in total. The van der Waals surface area contributed by atoms with Gasteiger partial charge in [0, 0.05) is 18.3 Å². The number of carbonyl (C=O) groups excluding carboxylic acids is 1. The maximum absolute atomic E-state index is 11.7. The van der Waals surface area contributed by atoms with E-state index in [4.69, 9.17) is 0 Å². The molecule has 2 heterocycles. The number of H-pyrrole nitrogens is 1. The maximum Gasteiger partial charge on any atom is 0.272 e. The molecule has 0 bridgehead atoms. The Balaban J connectivity index is 0.00000128. The predicted molar refractivity (Wildman–Crippen MR) is 63.9 cm³/mol. The molecule has 1 aliphatic rings. The molecule has 0 aromatic carbocycles. The second-order valence-electron chi connectivity index (χ2n) is 3.95. The first-order chi connectivity index (χ1) is 7.25. The molecule has 1 aliphatic heterocycles. The summed E-state index contributed by atoms with van der Waals surface area (Å²) in [4.78, 5) is 11.7. The summed E-state index contributed by atoms with van der Waals surface area (Å²) in [5.74, 6) is -0.0898. The summed E-state index contributed by atoms with van der Waals surface area (Å²) >= 11 is 0. The molecule has 1 amide bonds. The highest BCUT2D eigenvalue weighted by Crippen LogP contribution is 2.03. The van der Waals surface area contributed by atoms with Crippen molar-refractivity contribution in [1.82, 2.24) is 20.8 Å². The number of rotatable bonds is 2. The van der Waals surface area contributed by atoms with Crippen LogP contribution in [0.2, 0.25) is 0 Å². The van der Waals surface area contributed by atoms with Crippen molar-refractivity contribution in [3.05, 3.63) is 17.5 Å². The van der Waals surface area contributed by atoms with Crippen LogP contribution in [0.4, 0.5) is 0 Å². The number of aromatic amines is 1. The second-order valence-corrected chi connectivity index (χ2v) is 3.95. The zero-order valence-electron chi connectivity index (χ0n) is 9.25. The van der Waals surface area contributed by atoms with E-state index in [0.29, 0.717) is 5.69 Å². The third-order valence-electron chi connectivity index (χ3n) is 2.57. The number of nitrogens with one attached hydrogen (secondary N) is 3. The van der Waals surface area contributed by atoms with Gasteiger partial charge in [-0.1, -0.05) is 0 Å². The van der Waals surface area contributed by atoms with Crippen molar-refractivity contribution >= 4 is 18.3 Å². The molecule has 0 unspecified atom stereocenters. The van der Waals surface area contributed by atoms with Crippen LogP contribution in [-0.2, 0) is 0 Å². The lowest BCUT2D eigenvalue weighted by atomic mass is 10.1. The molecule has 0 aliphatic carbocycles. The molecular weight excluding hydrogens is 228 g/mol. The first-order valence-corrected chi connectivity index (χ1v) is 5.29. The van der Waals surface area contributed by atoms with Gasteiger partial charge in [-0.25, -0.2) is 0 Å². The van der Waals surface area contributed by atoms with E-state index in [9.17, 15) is 4.79 Å². The Morgan fingerprint density at radius 3 is 3.00 bits per heavy atom.